The molecule has 0 saturated heterocycles. The second kappa shape index (κ2) is 27.3. The number of hydrogen-bond donors (Lipinski definition) is 1. The number of benzene rings is 9. The van der Waals surface area contributed by atoms with Crippen molar-refractivity contribution in [3.8, 4) is 78.9 Å². The molecule has 13 aromatic rings. The summed E-state index contributed by atoms with van der Waals surface area (Å²) in [6.07, 6.45) is 9.65. The van der Waals surface area contributed by atoms with E-state index >= 15 is 0 Å². The molecule has 0 fully saturated rings. The topological polar surface area (TPSA) is 63.3 Å². The Hall–Kier alpha value is -8.74. The molecule has 4 heterocycles. The number of para-hydroxylation sites is 3. The Morgan fingerprint density at radius 1 is 0.483 bits per heavy atom. The van der Waals surface area contributed by atoms with E-state index in [1.165, 1.54) is 100 Å². The number of fused-ring (bicyclic) bond motifs is 7. The average molecular weight is 1480 g/mol. The Labute approximate surface area is 539 Å². The van der Waals surface area contributed by atoms with Crippen LogP contribution in [-0.4, -0.2) is 24.5 Å². The molecule has 2 radical (unpaired) electrons. The Kier molecular flexibility index (Phi) is 19.3. The second-order valence-corrected chi connectivity index (χ2v) is 22.5. The van der Waals surface area contributed by atoms with Crippen LogP contribution in [0.4, 0.5) is 0 Å². The molecule has 0 atom stereocenters. The summed E-state index contributed by atoms with van der Waals surface area (Å²) < 4.78 is 4.61. The van der Waals surface area contributed by atoms with E-state index < -0.39 is 0 Å². The van der Waals surface area contributed by atoms with E-state index in [0.29, 0.717) is 5.92 Å². The van der Waals surface area contributed by atoms with Gasteiger partial charge in [-0.25, -0.2) is 4.57 Å². The van der Waals surface area contributed by atoms with Crippen LogP contribution < -0.4 is 4.57 Å². The zero-order chi connectivity index (χ0) is 58.6. The predicted molar refractivity (Wildman–Crippen MR) is 348 cm³/mol. The van der Waals surface area contributed by atoms with Crippen molar-refractivity contribution in [1.82, 2.24) is 24.5 Å². The second-order valence-electron chi connectivity index (χ2n) is 22.5. The normalized spacial score (nSPS) is 11.3. The standard InChI is InChI=1S/C29H23N2.C25H21N2.C13H12N.C12H10N.2Ir/c1-18-15-19(2)28(20(3)16-18)31-26-14-7-6-13-25(26)30-29(31)24-12-8-10-22-17-21-9-4-5-11-23(21)27(22)24;1-17(2)20-10-5-6-13-23(20)27-15-14-26-25(27)22-12-7-9-19-16-18-8-3-4-11-21(18)24(19)22;1-10-8-13(14-9-11(10)2)12-6-4-3-5-7-12;1-10-7-8-13-12(9-10)11-5-3-2-4-6-11;;/h4-11,13-16H,17H2,1-3H3;3-11,13-15,17H,16H2,1-2H3;3-6,8-9H,1-2H3;2-5,7-9H,1H3;;/q4*-1;;/p+1. The quantitative estimate of drug-likeness (QED) is 0.128. The average Bonchev–Trinajstić information content (AvgIpc) is 1.67. The van der Waals surface area contributed by atoms with Crippen molar-refractivity contribution in [2.24, 2.45) is 0 Å². The summed E-state index contributed by atoms with van der Waals surface area (Å²) >= 11 is 0. The number of aromatic nitrogens is 6. The molecule has 15 rings (SSSR count). The number of rotatable bonds is 7. The van der Waals surface area contributed by atoms with E-state index in [-0.39, 0.29) is 40.2 Å². The Bertz CT molecular complexity index is 4520. The SMILES string of the molecule is CC(C)c1ccccc1-n1ccnc1-c1[c-]ccc2c1-c1ccccc1C2.Cc1cc(C)c(-[n+]2c(-c3[c-]ccc4c3-c3ccccc3C4)[nH]c3ccccc32)c(C)c1.Cc1ccnc(-c2[c-]cccc2)c1.Cc1cnc(-c2[c-]cccc2)cc1C.[Ir].[Ir]. The maximum Gasteiger partial charge on any atom is 0.212 e. The molecular formula is C79H67Ir2N6-3. The zero-order valence-corrected chi connectivity index (χ0v) is 55.0. The van der Waals surface area contributed by atoms with Gasteiger partial charge in [-0.1, -0.05) is 167 Å². The van der Waals surface area contributed by atoms with Crippen molar-refractivity contribution in [3.63, 3.8) is 0 Å². The van der Waals surface area contributed by atoms with Gasteiger partial charge in [0.15, 0.2) is 11.0 Å². The van der Waals surface area contributed by atoms with Crippen LogP contribution in [0, 0.1) is 65.8 Å². The van der Waals surface area contributed by atoms with Crippen LogP contribution in [0.15, 0.2) is 225 Å². The minimum absolute atomic E-state index is 0. The van der Waals surface area contributed by atoms with Gasteiger partial charge in [0.05, 0.1) is 5.82 Å². The molecule has 9 aromatic carbocycles. The number of aromatic amines is 1. The molecule has 87 heavy (non-hydrogen) atoms. The van der Waals surface area contributed by atoms with Gasteiger partial charge in [0.1, 0.15) is 5.69 Å². The monoisotopic (exact) mass is 1490 g/mol. The van der Waals surface area contributed by atoms with Crippen LogP contribution in [0.2, 0.25) is 0 Å². The first-order chi connectivity index (χ1) is 41.5. The zero-order valence-electron chi connectivity index (χ0n) is 50.3. The van der Waals surface area contributed by atoms with Gasteiger partial charge in [-0.3, -0.25) is 9.97 Å². The molecule has 0 spiro atoms. The molecule has 0 amide bonds. The minimum Gasteiger partial charge on any atom is -0.340 e. The van der Waals surface area contributed by atoms with E-state index in [9.17, 15) is 0 Å². The van der Waals surface area contributed by atoms with Crippen molar-refractivity contribution in [2.45, 2.75) is 74.1 Å². The van der Waals surface area contributed by atoms with Crippen LogP contribution in [0.1, 0.15) is 81.0 Å². The molecule has 6 nitrogen and oxygen atoms in total. The fourth-order valence-corrected chi connectivity index (χ4v) is 12.1. The Balaban J connectivity index is 0.000000136. The van der Waals surface area contributed by atoms with Crippen molar-refractivity contribution in [2.75, 3.05) is 0 Å². The summed E-state index contributed by atoms with van der Waals surface area (Å²) in [5.41, 5.74) is 30.7. The molecule has 0 saturated carbocycles. The van der Waals surface area contributed by atoms with Crippen molar-refractivity contribution < 1.29 is 44.8 Å². The number of hydrogen-bond acceptors (Lipinski definition) is 3. The first kappa shape index (κ1) is 61.3. The van der Waals surface area contributed by atoms with Crippen molar-refractivity contribution in [1.29, 1.82) is 0 Å². The van der Waals surface area contributed by atoms with Gasteiger partial charge in [-0.2, -0.15) is 0 Å². The minimum atomic E-state index is 0. The summed E-state index contributed by atoms with van der Waals surface area (Å²) in [6, 6.07) is 83.0. The number of pyridine rings is 2. The number of nitrogens with zero attached hydrogens (tertiary/aromatic N) is 5. The molecule has 8 heteroatoms. The summed E-state index contributed by atoms with van der Waals surface area (Å²) in [5.74, 6) is 2.49. The molecule has 0 aliphatic heterocycles. The first-order valence-electron chi connectivity index (χ1n) is 29.3. The number of imidazole rings is 2. The molecule has 1 N–H and O–H groups in total. The van der Waals surface area contributed by atoms with Crippen molar-refractivity contribution >= 4 is 11.0 Å². The molecular weight excluding hydrogens is 1420 g/mol. The van der Waals surface area contributed by atoms with Crippen LogP contribution >= 0.6 is 0 Å². The van der Waals surface area contributed by atoms with E-state index in [1.54, 1.807) is 0 Å². The summed E-state index contributed by atoms with van der Waals surface area (Å²) in [4.78, 5) is 17.1. The molecule has 0 bridgehead atoms. The third kappa shape index (κ3) is 12.9. The fraction of sp³-hybridized carbons (Fsp3) is 0.139. The van der Waals surface area contributed by atoms with Gasteiger partial charge in [0, 0.05) is 70.7 Å². The van der Waals surface area contributed by atoms with Gasteiger partial charge in [-0.15, -0.1) is 119 Å². The van der Waals surface area contributed by atoms with Crippen LogP contribution in [-0.2, 0) is 53.1 Å². The predicted octanol–water partition coefficient (Wildman–Crippen LogP) is 18.5. The van der Waals surface area contributed by atoms with Crippen LogP contribution in [0.25, 0.3) is 90.0 Å². The summed E-state index contributed by atoms with van der Waals surface area (Å²) in [7, 11) is 0. The Morgan fingerprint density at radius 3 is 1.68 bits per heavy atom. The maximum atomic E-state index is 4.75. The van der Waals surface area contributed by atoms with Gasteiger partial charge in [-0.05, 0) is 129 Å². The fourth-order valence-electron chi connectivity index (χ4n) is 12.1. The van der Waals surface area contributed by atoms with E-state index in [4.69, 9.17) is 4.98 Å². The summed E-state index contributed by atoms with van der Waals surface area (Å²) in [6.45, 7) is 17.3. The van der Waals surface area contributed by atoms with Gasteiger partial charge >= 0.3 is 0 Å². The number of aryl methyl sites for hydroxylation is 6. The molecule has 4 aromatic heterocycles. The van der Waals surface area contributed by atoms with Crippen LogP contribution in [0.3, 0.4) is 0 Å². The van der Waals surface area contributed by atoms with Gasteiger partial charge < -0.3 is 14.5 Å². The molecule has 434 valence electrons. The van der Waals surface area contributed by atoms with E-state index in [0.717, 1.165) is 63.6 Å². The van der Waals surface area contributed by atoms with E-state index in [2.05, 4.69) is 249 Å². The molecule has 2 aliphatic carbocycles. The molecule has 0 unspecified atom stereocenters. The third-order valence-corrected chi connectivity index (χ3v) is 16.2. The van der Waals surface area contributed by atoms with Gasteiger partial charge in [0.25, 0.3) is 0 Å². The number of H-pyrrole nitrogens is 1. The van der Waals surface area contributed by atoms with Crippen molar-refractivity contribution in [3.05, 3.63) is 310 Å². The number of nitrogens with one attached hydrogen (secondary N) is 1. The summed E-state index contributed by atoms with van der Waals surface area (Å²) in [5, 5.41) is 0. The maximum absolute atomic E-state index is 4.75. The largest absolute Gasteiger partial charge is 0.340 e. The van der Waals surface area contributed by atoms with Gasteiger partial charge in [0.2, 0.25) is 5.82 Å². The van der Waals surface area contributed by atoms with Crippen LogP contribution in [0.5, 0.6) is 0 Å². The molecule has 2 aliphatic rings. The third-order valence-electron chi connectivity index (χ3n) is 16.2. The smallest absolute Gasteiger partial charge is 0.212 e. The first-order valence-corrected chi connectivity index (χ1v) is 29.3. The Morgan fingerprint density at radius 2 is 1.06 bits per heavy atom. The van der Waals surface area contributed by atoms with E-state index in [1.807, 2.05) is 79.3 Å².